The number of nitrogens with one attached hydrogen (secondary N) is 1. The minimum absolute atomic E-state index is 0.197. The number of esters is 4. The van der Waals surface area contributed by atoms with E-state index in [0.717, 1.165) is 20.8 Å². The number of hydrogen-bond acceptors (Lipinski definition) is 12. The molecule has 1 saturated heterocycles. The van der Waals surface area contributed by atoms with Crippen molar-refractivity contribution in [2.45, 2.75) is 58.3 Å². The third-order valence-electron chi connectivity index (χ3n) is 5.25. The molecule has 0 aliphatic carbocycles. The van der Waals surface area contributed by atoms with Gasteiger partial charge in [0.1, 0.15) is 30.0 Å². The van der Waals surface area contributed by atoms with E-state index in [1.54, 1.807) is 36.4 Å². The SMILES string of the molecule is CC(=O)OC[C@@H]1O[C@@H](NC(=S)Oc2cccc(Oc3ccccc3)c2)[C@@H](OC(C)=O)[C@@H](OC(C)=O)[C@H]1OC(C)=O. The fourth-order valence-electron chi connectivity index (χ4n) is 3.82. The summed E-state index contributed by atoms with van der Waals surface area (Å²) in [7, 11) is 0. The van der Waals surface area contributed by atoms with Crippen LogP contribution < -0.4 is 14.8 Å². The minimum Gasteiger partial charge on any atom is -0.463 e. The molecule has 0 radical (unpaired) electrons. The van der Waals surface area contributed by atoms with E-state index < -0.39 is 54.5 Å². The lowest BCUT2D eigenvalue weighted by atomic mass is 9.97. The van der Waals surface area contributed by atoms with Gasteiger partial charge in [0.2, 0.25) is 0 Å². The van der Waals surface area contributed by atoms with Gasteiger partial charge in [-0.2, -0.15) is 0 Å². The molecule has 1 N–H and O–H groups in total. The maximum Gasteiger partial charge on any atom is 0.303 e. The lowest BCUT2D eigenvalue weighted by Gasteiger charge is -2.44. The predicted molar refractivity (Wildman–Crippen MR) is 141 cm³/mol. The van der Waals surface area contributed by atoms with Gasteiger partial charge in [-0.05, 0) is 36.5 Å². The molecule has 3 rings (SSSR count). The summed E-state index contributed by atoms with van der Waals surface area (Å²) in [5.74, 6) is -1.43. The molecule has 1 aliphatic rings. The molecule has 2 aromatic rings. The summed E-state index contributed by atoms with van der Waals surface area (Å²) in [6, 6.07) is 15.8. The molecule has 0 unspecified atom stereocenters. The van der Waals surface area contributed by atoms with Crippen molar-refractivity contribution < 1.29 is 52.3 Å². The molecule has 0 saturated carbocycles. The zero-order chi connectivity index (χ0) is 29.2. The van der Waals surface area contributed by atoms with E-state index >= 15 is 0 Å². The number of hydrogen-bond donors (Lipinski definition) is 1. The van der Waals surface area contributed by atoms with Crippen molar-refractivity contribution in [1.29, 1.82) is 0 Å². The molecule has 1 heterocycles. The van der Waals surface area contributed by atoms with Crippen LogP contribution in [0.2, 0.25) is 0 Å². The summed E-state index contributed by atoms with van der Waals surface area (Å²) in [5.41, 5.74) is 0. The van der Waals surface area contributed by atoms with Crippen LogP contribution >= 0.6 is 12.2 Å². The third kappa shape index (κ3) is 9.20. The van der Waals surface area contributed by atoms with E-state index in [9.17, 15) is 19.2 Å². The second-order valence-corrected chi connectivity index (χ2v) is 8.91. The summed E-state index contributed by atoms with van der Waals surface area (Å²) >= 11 is 5.35. The second kappa shape index (κ2) is 14.2. The minimum atomic E-state index is -1.34. The zero-order valence-electron chi connectivity index (χ0n) is 22.2. The van der Waals surface area contributed by atoms with Gasteiger partial charge in [0.25, 0.3) is 5.17 Å². The van der Waals surface area contributed by atoms with Crippen LogP contribution in [0.4, 0.5) is 0 Å². The van der Waals surface area contributed by atoms with Crippen molar-refractivity contribution in [1.82, 2.24) is 5.32 Å². The highest BCUT2D eigenvalue weighted by Gasteiger charge is 2.52. The van der Waals surface area contributed by atoms with Gasteiger partial charge < -0.3 is 38.5 Å². The van der Waals surface area contributed by atoms with Gasteiger partial charge in [0.15, 0.2) is 24.5 Å². The normalized spacial score (nSPS) is 21.8. The standard InChI is InChI=1S/C27H29NO11S/c1-15(29)33-14-22-23(34-16(2)30)24(35-17(3)31)25(36-18(4)32)26(39-22)28-27(40)38-21-12-8-11-20(13-21)37-19-9-6-5-7-10-19/h5-13,22-26H,14H2,1-4H3,(H,28,40)/t22-,23-,24-,25-,26+/m0/s1. The first-order valence-corrected chi connectivity index (χ1v) is 12.5. The maximum absolute atomic E-state index is 12.0. The topological polar surface area (TPSA) is 145 Å². The molecule has 0 aromatic heterocycles. The summed E-state index contributed by atoms with van der Waals surface area (Å²) in [4.78, 5) is 47.3. The van der Waals surface area contributed by atoms with Gasteiger partial charge in [-0.15, -0.1) is 0 Å². The molecular formula is C27H29NO11S. The number of carbonyl (C=O) groups is 4. The van der Waals surface area contributed by atoms with Crippen LogP contribution in [0, 0.1) is 0 Å². The van der Waals surface area contributed by atoms with Gasteiger partial charge in [-0.25, -0.2) is 0 Å². The summed E-state index contributed by atoms with van der Waals surface area (Å²) < 4.78 is 38.7. The average Bonchev–Trinajstić information content (AvgIpc) is 2.86. The van der Waals surface area contributed by atoms with Crippen LogP contribution in [0.3, 0.4) is 0 Å². The summed E-state index contributed by atoms with van der Waals surface area (Å²) in [6.45, 7) is 4.22. The Morgan fingerprint density at radius 3 is 1.95 bits per heavy atom. The quantitative estimate of drug-likeness (QED) is 0.266. The molecule has 1 fully saturated rings. The lowest BCUT2D eigenvalue weighted by molar-refractivity contribution is -0.255. The van der Waals surface area contributed by atoms with Crippen molar-refractivity contribution in [3.63, 3.8) is 0 Å². The van der Waals surface area contributed by atoms with E-state index in [4.69, 9.17) is 45.4 Å². The second-order valence-electron chi connectivity index (χ2n) is 8.54. The first kappa shape index (κ1) is 30.3. The number of rotatable bonds is 9. The molecule has 0 spiro atoms. The van der Waals surface area contributed by atoms with Crippen molar-refractivity contribution in [2.75, 3.05) is 6.61 Å². The number of para-hydroxylation sites is 1. The highest BCUT2D eigenvalue weighted by Crippen LogP contribution is 2.29. The Bertz CT molecular complexity index is 1220. The Morgan fingerprint density at radius 1 is 0.750 bits per heavy atom. The third-order valence-corrected chi connectivity index (χ3v) is 5.45. The molecule has 13 heteroatoms. The van der Waals surface area contributed by atoms with Gasteiger partial charge in [0, 0.05) is 33.8 Å². The Balaban J connectivity index is 1.83. The van der Waals surface area contributed by atoms with E-state index in [0.29, 0.717) is 17.2 Å². The number of carbonyl (C=O) groups excluding carboxylic acids is 4. The number of ether oxygens (including phenoxy) is 7. The fourth-order valence-corrected chi connectivity index (χ4v) is 4.04. The Kier molecular flexibility index (Phi) is 10.8. The van der Waals surface area contributed by atoms with Crippen LogP contribution in [0.15, 0.2) is 54.6 Å². The van der Waals surface area contributed by atoms with Crippen LogP contribution in [-0.4, -0.2) is 66.3 Å². The van der Waals surface area contributed by atoms with Gasteiger partial charge in [-0.1, -0.05) is 24.3 Å². The molecule has 40 heavy (non-hydrogen) atoms. The highest BCUT2D eigenvalue weighted by atomic mass is 32.1. The van der Waals surface area contributed by atoms with Crippen LogP contribution in [0.25, 0.3) is 0 Å². The predicted octanol–water partition coefficient (Wildman–Crippen LogP) is 2.82. The first-order chi connectivity index (χ1) is 19.0. The highest BCUT2D eigenvalue weighted by molar-refractivity contribution is 7.80. The van der Waals surface area contributed by atoms with E-state index in [1.807, 2.05) is 18.2 Å². The molecular weight excluding hydrogens is 546 g/mol. The van der Waals surface area contributed by atoms with Gasteiger partial charge in [0.05, 0.1) is 0 Å². The number of benzene rings is 2. The molecule has 0 amide bonds. The van der Waals surface area contributed by atoms with E-state index in [2.05, 4.69) is 5.32 Å². The summed E-state index contributed by atoms with van der Waals surface area (Å²) in [6.07, 6.45) is -6.37. The largest absolute Gasteiger partial charge is 0.463 e. The number of thiocarbonyl (C=S) groups is 1. The molecule has 1 aliphatic heterocycles. The Hall–Kier alpha value is -4.23. The molecule has 12 nitrogen and oxygen atoms in total. The van der Waals surface area contributed by atoms with Crippen LogP contribution in [-0.2, 0) is 42.9 Å². The van der Waals surface area contributed by atoms with Gasteiger partial charge >= 0.3 is 23.9 Å². The summed E-state index contributed by atoms with van der Waals surface area (Å²) in [5, 5.41) is 2.59. The zero-order valence-corrected chi connectivity index (χ0v) is 23.0. The van der Waals surface area contributed by atoms with Gasteiger partial charge in [-0.3, -0.25) is 19.2 Å². The smallest absolute Gasteiger partial charge is 0.303 e. The Morgan fingerprint density at radius 2 is 1.32 bits per heavy atom. The average molecular weight is 576 g/mol. The van der Waals surface area contributed by atoms with Crippen LogP contribution in [0.1, 0.15) is 27.7 Å². The fraction of sp³-hybridized carbons (Fsp3) is 0.370. The first-order valence-electron chi connectivity index (χ1n) is 12.1. The van der Waals surface area contributed by atoms with E-state index in [1.165, 1.54) is 6.92 Å². The van der Waals surface area contributed by atoms with Crippen LogP contribution in [0.5, 0.6) is 17.2 Å². The Labute approximate surface area is 235 Å². The molecule has 5 atom stereocenters. The molecule has 2 aromatic carbocycles. The van der Waals surface area contributed by atoms with Crippen molar-refractivity contribution in [3.8, 4) is 17.2 Å². The van der Waals surface area contributed by atoms with Crippen molar-refractivity contribution in [3.05, 3.63) is 54.6 Å². The lowest BCUT2D eigenvalue weighted by Crippen LogP contribution is -2.66. The van der Waals surface area contributed by atoms with Crippen molar-refractivity contribution >= 4 is 41.3 Å². The molecule has 214 valence electrons. The monoisotopic (exact) mass is 575 g/mol. The van der Waals surface area contributed by atoms with Crippen molar-refractivity contribution in [2.24, 2.45) is 0 Å². The molecule has 0 bridgehead atoms. The maximum atomic E-state index is 12.0. The van der Waals surface area contributed by atoms with E-state index in [-0.39, 0.29) is 11.8 Å².